The summed E-state index contributed by atoms with van der Waals surface area (Å²) in [5.74, 6) is -0.387. The number of nitriles is 1. The summed E-state index contributed by atoms with van der Waals surface area (Å²) in [6, 6.07) is 26.6. The number of carbonyl (C=O) groups is 1. The van der Waals surface area contributed by atoms with Crippen molar-refractivity contribution >= 4 is 36.6 Å². The SMILES string of the molecule is N#CCCOC(=O)c1ccc(-[s+]2c3ccccc3c3ccccc32)cc1. The third-order valence-electron chi connectivity index (χ3n) is 4.28. The number of thiophene rings is 1. The van der Waals surface area contributed by atoms with Crippen LogP contribution in [-0.2, 0) is 4.74 Å². The molecule has 3 aromatic carbocycles. The van der Waals surface area contributed by atoms with Gasteiger partial charge in [0.05, 0.1) is 18.1 Å². The highest BCUT2D eigenvalue weighted by Crippen LogP contribution is 2.48. The number of esters is 1. The quantitative estimate of drug-likeness (QED) is 0.263. The van der Waals surface area contributed by atoms with Gasteiger partial charge in [-0.25, -0.2) is 4.79 Å². The lowest BCUT2D eigenvalue weighted by molar-refractivity contribution is 0.0513. The van der Waals surface area contributed by atoms with Crippen LogP contribution in [0.4, 0.5) is 0 Å². The van der Waals surface area contributed by atoms with Crippen molar-refractivity contribution in [2.75, 3.05) is 6.61 Å². The van der Waals surface area contributed by atoms with Gasteiger partial charge in [0.25, 0.3) is 0 Å². The van der Waals surface area contributed by atoms with E-state index >= 15 is 0 Å². The van der Waals surface area contributed by atoms with Crippen molar-refractivity contribution in [1.29, 1.82) is 5.26 Å². The fourth-order valence-corrected chi connectivity index (χ4v) is 5.48. The van der Waals surface area contributed by atoms with E-state index in [2.05, 4.69) is 48.5 Å². The number of ether oxygens (including phenoxy) is 1. The summed E-state index contributed by atoms with van der Waals surface area (Å²) >= 11 is 0. The van der Waals surface area contributed by atoms with Crippen LogP contribution < -0.4 is 0 Å². The Kier molecular flexibility index (Phi) is 4.39. The van der Waals surface area contributed by atoms with E-state index in [0.29, 0.717) is 5.56 Å². The second kappa shape index (κ2) is 6.99. The van der Waals surface area contributed by atoms with Crippen molar-refractivity contribution < 1.29 is 9.53 Å². The summed E-state index contributed by atoms with van der Waals surface area (Å²) in [7, 11) is -0.164. The van der Waals surface area contributed by atoms with E-state index in [1.807, 2.05) is 18.2 Å². The van der Waals surface area contributed by atoms with Gasteiger partial charge < -0.3 is 4.74 Å². The number of carbonyl (C=O) groups excluding carboxylic acids is 1. The zero-order chi connectivity index (χ0) is 17.9. The number of hydrogen-bond acceptors (Lipinski definition) is 3. The smallest absolute Gasteiger partial charge is 0.338 e. The minimum atomic E-state index is -0.387. The molecule has 0 unspecified atom stereocenters. The molecule has 0 spiro atoms. The van der Waals surface area contributed by atoms with Gasteiger partial charge in [0.15, 0.2) is 14.3 Å². The summed E-state index contributed by atoms with van der Waals surface area (Å²) < 4.78 is 7.72. The first-order valence-corrected chi connectivity index (χ1v) is 9.59. The van der Waals surface area contributed by atoms with E-state index in [-0.39, 0.29) is 29.5 Å². The molecule has 0 saturated carbocycles. The predicted octanol–water partition coefficient (Wildman–Crippen LogP) is 5.80. The highest BCUT2D eigenvalue weighted by Gasteiger charge is 2.23. The lowest BCUT2D eigenvalue weighted by Crippen LogP contribution is -2.05. The van der Waals surface area contributed by atoms with Crippen LogP contribution in [0.3, 0.4) is 0 Å². The maximum Gasteiger partial charge on any atom is 0.338 e. The second-order valence-electron chi connectivity index (χ2n) is 5.87. The molecule has 0 aliphatic rings. The number of benzene rings is 3. The van der Waals surface area contributed by atoms with E-state index in [0.717, 1.165) is 0 Å². The van der Waals surface area contributed by atoms with Crippen LogP contribution in [0.1, 0.15) is 16.8 Å². The molecule has 4 aromatic rings. The van der Waals surface area contributed by atoms with Gasteiger partial charge in [-0.05, 0) is 48.5 Å². The van der Waals surface area contributed by atoms with Crippen LogP contribution >= 0.6 is 10.5 Å². The largest absolute Gasteiger partial charge is 0.461 e. The molecule has 26 heavy (non-hydrogen) atoms. The minimum Gasteiger partial charge on any atom is -0.461 e. The molecule has 0 aliphatic heterocycles. The highest BCUT2D eigenvalue weighted by atomic mass is 32.2. The summed E-state index contributed by atoms with van der Waals surface area (Å²) in [6.07, 6.45) is 0.209. The third kappa shape index (κ3) is 2.83. The normalized spacial score (nSPS) is 10.7. The fourth-order valence-electron chi connectivity index (χ4n) is 3.11. The number of rotatable bonds is 4. The van der Waals surface area contributed by atoms with E-state index in [1.165, 1.54) is 25.1 Å². The van der Waals surface area contributed by atoms with Gasteiger partial charge >= 0.3 is 5.97 Å². The van der Waals surface area contributed by atoms with Gasteiger partial charge in [-0.15, -0.1) is 0 Å². The molecular formula is C22H16NO2S+. The predicted molar refractivity (Wildman–Crippen MR) is 106 cm³/mol. The van der Waals surface area contributed by atoms with Gasteiger partial charge in [-0.3, -0.25) is 0 Å². The zero-order valence-corrected chi connectivity index (χ0v) is 14.8. The summed E-state index contributed by atoms with van der Waals surface area (Å²) in [4.78, 5) is 13.2. The molecule has 3 nitrogen and oxygen atoms in total. The first-order chi connectivity index (χ1) is 12.8. The van der Waals surface area contributed by atoms with Crippen LogP contribution in [0.25, 0.3) is 25.1 Å². The maximum absolute atomic E-state index is 12.0. The summed E-state index contributed by atoms with van der Waals surface area (Å²) in [5.41, 5.74) is 0.510. The monoisotopic (exact) mass is 358 g/mol. The average molecular weight is 358 g/mol. The Balaban J connectivity index is 1.76. The Labute approximate surface area is 154 Å². The zero-order valence-electron chi connectivity index (χ0n) is 14.0. The van der Waals surface area contributed by atoms with Crippen LogP contribution in [0, 0.1) is 11.3 Å². The van der Waals surface area contributed by atoms with Crippen LogP contribution in [0.15, 0.2) is 72.8 Å². The van der Waals surface area contributed by atoms with Crippen LogP contribution in [0.5, 0.6) is 0 Å². The molecule has 0 fully saturated rings. The van der Waals surface area contributed by atoms with Crippen molar-refractivity contribution in [2.24, 2.45) is 0 Å². The van der Waals surface area contributed by atoms with Crippen molar-refractivity contribution in [3.05, 3.63) is 78.4 Å². The van der Waals surface area contributed by atoms with Crippen LogP contribution in [0.2, 0.25) is 0 Å². The Morgan fingerprint density at radius 1 is 0.885 bits per heavy atom. The molecule has 4 heteroatoms. The number of nitrogens with zero attached hydrogens (tertiary/aromatic N) is 1. The summed E-state index contributed by atoms with van der Waals surface area (Å²) in [5, 5.41) is 11.1. The molecule has 0 amide bonds. The van der Waals surface area contributed by atoms with Gasteiger partial charge in [0.1, 0.15) is 6.61 Å². The van der Waals surface area contributed by atoms with E-state index in [9.17, 15) is 4.79 Å². The Morgan fingerprint density at radius 3 is 2.04 bits per heavy atom. The summed E-state index contributed by atoms with van der Waals surface area (Å²) in [6.45, 7) is 0.127. The topological polar surface area (TPSA) is 50.1 Å². The van der Waals surface area contributed by atoms with E-state index < -0.39 is 0 Å². The molecule has 4 rings (SSSR count). The standard InChI is InChI=1S/C22H16NO2S/c23-14-5-15-25-22(24)16-10-12-17(13-11-16)26-20-8-3-1-6-18(20)19-7-2-4-9-21(19)26/h1-4,6-13H,5,15H2/q+1. The maximum atomic E-state index is 12.0. The van der Waals surface area contributed by atoms with Crippen molar-refractivity contribution in [3.8, 4) is 11.0 Å². The molecule has 0 bridgehead atoms. The minimum absolute atomic E-state index is 0.127. The van der Waals surface area contributed by atoms with E-state index in [4.69, 9.17) is 10.00 Å². The lowest BCUT2D eigenvalue weighted by Gasteiger charge is -2.02. The van der Waals surface area contributed by atoms with E-state index in [1.54, 1.807) is 12.1 Å². The van der Waals surface area contributed by atoms with Gasteiger partial charge in [0.2, 0.25) is 0 Å². The Bertz CT molecular complexity index is 1080. The molecule has 1 heterocycles. The van der Waals surface area contributed by atoms with Gasteiger partial charge in [0, 0.05) is 21.2 Å². The molecule has 126 valence electrons. The third-order valence-corrected chi connectivity index (χ3v) is 6.61. The lowest BCUT2D eigenvalue weighted by atomic mass is 10.2. The molecule has 1 aromatic heterocycles. The second-order valence-corrected chi connectivity index (χ2v) is 7.83. The molecular weight excluding hydrogens is 342 g/mol. The molecule has 0 aliphatic carbocycles. The van der Waals surface area contributed by atoms with Crippen molar-refractivity contribution in [3.63, 3.8) is 0 Å². The van der Waals surface area contributed by atoms with Gasteiger partial charge in [-0.1, -0.05) is 24.3 Å². The van der Waals surface area contributed by atoms with Gasteiger partial charge in [-0.2, -0.15) is 5.26 Å². The molecule has 0 N–H and O–H groups in total. The molecule has 0 radical (unpaired) electrons. The Hall–Kier alpha value is -3.16. The molecule has 0 saturated heterocycles. The highest BCUT2D eigenvalue weighted by molar-refractivity contribution is 7.50. The number of fused-ring (bicyclic) bond motifs is 3. The average Bonchev–Trinajstić information content (AvgIpc) is 3.03. The first kappa shape index (κ1) is 16.3. The number of hydrogen-bond donors (Lipinski definition) is 0. The van der Waals surface area contributed by atoms with Crippen molar-refractivity contribution in [1.82, 2.24) is 0 Å². The fraction of sp³-hybridized carbons (Fsp3) is 0.0909. The molecule has 0 atom stereocenters. The Morgan fingerprint density at radius 2 is 1.46 bits per heavy atom. The van der Waals surface area contributed by atoms with Crippen LogP contribution in [-0.4, -0.2) is 12.6 Å². The van der Waals surface area contributed by atoms with Crippen molar-refractivity contribution in [2.45, 2.75) is 6.42 Å². The first-order valence-electron chi connectivity index (χ1n) is 8.36.